The fourth-order valence-electron chi connectivity index (χ4n) is 1.76. The van der Waals surface area contributed by atoms with Gasteiger partial charge in [0.25, 0.3) is 0 Å². The van der Waals surface area contributed by atoms with Crippen molar-refractivity contribution in [2.75, 3.05) is 27.0 Å². The molecule has 1 atom stereocenters. The third-order valence-electron chi connectivity index (χ3n) is 3.29. The highest BCUT2D eigenvalue weighted by molar-refractivity contribution is 7.99. The molecule has 4 heteroatoms. The summed E-state index contributed by atoms with van der Waals surface area (Å²) >= 11 is 1.87. The average Bonchev–Trinajstić information content (AvgIpc) is 2.44. The van der Waals surface area contributed by atoms with E-state index in [0.717, 1.165) is 23.6 Å². The summed E-state index contributed by atoms with van der Waals surface area (Å²) in [6.07, 6.45) is 2.14. The lowest BCUT2D eigenvalue weighted by molar-refractivity contribution is 0.385. The molecule has 0 aliphatic heterocycles. The molecular weight excluding hydrogens is 258 g/mol. The van der Waals surface area contributed by atoms with Gasteiger partial charge >= 0.3 is 0 Å². The molecule has 1 N–H and O–H groups in total. The summed E-state index contributed by atoms with van der Waals surface area (Å²) in [4.78, 5) is 0. The Balaban J connectivity index is 2.79. The van der Waals surface area contributed by atoms with Gasteiger partial charge < -0.3 is 14.8 Å². The molecule has 0 amide bonds. The van der Waals surface area contributed by atoms with Gasteiger partial charge in [-0.2, -0.15) is 11.8 Å². The second-order valence-corrected chi connectivity index (χ2v) is 6.69. The fraction of sp³-hybridized carbons (Fsp3) is 0.600. The minimum atomic E-state index is 0.230. The highest BCUT2D eigenvalue weighted by Gasteiger charge is 2.18. The number of benzene rings is 1. The quantitative estimate of drug-likeness (QED) is 0.829. The van der Waals surface area contributed by atoms with Gasteiger partial charge in [0, 0.05) is 29.0 Å². The Morgan fingerprint density at radius 2 is 1.95 bits per heavy atom. The Morgan fingerprint density at radius 3 is 2.47 bits per heavy atom. The van der Waals surface area contributed by atoms with E-state index >= 15 is 0 Å². The standard InChI is InChI=1S/C15H25NO2S/c1-11(16-10-15(2,3)19-6)13-8-7-12(17-4)9-14(13)18-5/h7-9,11,16H,10H2,1-6H3. The maximum absolute atomic E-state index is 5.44. The normalized spacial score (nSPS) is 13.2. The molecule has 0 bridgehead atoms. The van der Waals surface area contributed by atoms with Gasteiger partial charge in [-0.15, -0.1) is 0 Å². The number of nitrogens with one attached hydrogen (secondary N) is 1. The lowest BCUT2D eigenvalue weighted by Gasteiger charge is -2.26. The van der Waals surface area contributed by atoms with Crippen molar-refractivity contribution in [2.24, 2.45) is 0 Å². The molecule has 1 rings (SSSR count). The highest BCUT2D eigenvalue weighted by Crippen LogP contribution is 2.30. The Hall–Kier alpha value is -0.870. The maximum atomic E-state index is 5.44. The van der Waals surface area contributed by atoms with Crippen molar-refractivity contribution in [2.45, 2.75) is 31.6 Å². The minimum Gasteiger partial charge on any atom is -0.497 e. The molecule has 0 spiro atoms. The zero-order valence-electron chi connectivity index (χ0n) is 12.7. The summed E-state index contributed by atoms with van der Waals surface area (Å²) in [5.41, 5.74) is 1.15. The van der Waals surface area contributed by atoms with Crippen LogP contribution in [0.15, 0.2) is 18.2 Å². The van der Waals surface area contributed by atoms with Gasteiger partial charge in [0.05, 0.1) is 14.2 Å². The Bertz CT molecular complexity index is 407. The van der Waals surface area contributed by atoms with Crippen LogP contribution in [0.1, 0.15) is 32.4 Å². The predicted molar refractivity (Wildman–Crippen MR) is 83.6 cm³/mol. The molecule has 0 aliphatic rings. The van der Waals surface area contributed by atoms with E-state index in [2.05, 4.69) is 38.4 Å². The summed E-state index contributed by atoms with van der Waals surface area (Å²) in [5, 5.41) is 3.56. The van der Waals surface area contributed by atoms with E-state index in [-0.39, 0.29) is 10.8 Å². The zero-order valence-corrected chi connectivity index (χ0v) is 13.6. The minimum absolute atomic E-state index is 0.230. The van der Waals surface area contributed by atoms with Crippen molar-refractivity contribution in [1.29, 1.82) is 0 Å². The number of methoxy groups -OCH3 is 2. The third-order valence-corrected chi connectivity index (χ3v) is 4.54. The van der Waals surface area contributed by atoms with Gasteiger partial charge in [-0.25, -0.2) is 0 Å². The summed E-state index contributed by atoms with van der Waals surface area (Å²) in [6.45, 7) is 7.58. The van der Waals surface area contributed by atoms with Crippen LogP contribution in [0, 0.1) is 0 Å². The smallest absolute Gasteiger partial charge is 0.127 e. The molecule has 1 unspecified atom stereocenters. The fourth-order valence-corrected chi connectivity index (χ4v) is 1.98. The van der Waals surface area contributed by atoms with E-state index in [1.807, 2.05) is 23.9 Å². The number of hydrogen-bond acceptors (Lipinski definition) is 4. The lowest BCUT2D eigenvalue weighted by Crippen LogP contribution is -2.33. The lowest BCUT2D eigenvalue weighted by atomic mass is 10.1. The molecule has 0 saturated heterocycles. The van der Waals surface area contributed by atoms with Crippen LogP contribution in [0.25, 0.3) is 0 Å². The van der Waals surface area contributed by atoms with Crippen LogP contribution in [0.4, 0.5) is 0 Å². The first kappa shape index (κ1) is 16.2. The van der Waals surface area contributed by atoms with E-state index in [1.165, 1.54) is 0 Å². The van der Waals surface area contributed by atoms with Gasteiger partial charge in [-0.3, -0.25) is 0 Å². The number of rotatable bonds is 7. The van der Waals surface area contributed by atoms with Gasteiger partial charge in [-0.1, -0.05) is 6.07 Å². The molecule has 0 heterocycles. The van der Waals surface area contributed by atoms with Crippen molar-refractivity contribution in [1.82, 2.24) is 5.32 Å². The molecule has 0 radical (unpaired) electrons. The van der Waals surface area contributed by atoms with Gasteiger partial charge in [0.1, 0.15) is 11.5 Å². The van der Waals surface area contributed by atoms with Crippen molar-refractivity contribution in [3.63, 3.8) is 0 Å². The van der Waals surface area contributed by atoms with Crippen molar-refractivity contribution >= 4 is 11.8 Å². The van der Waals surface area contributed by atoms with Crippen LogP contribution in [0.3, 0.4) is 0 Å². The summed E-state index contributed by atoms with van der Waals surface area (Å²) in [5.74, 6) is 1.68. The molecule has 1 aromatic rings. The molecule has 3 nitrogen and oxygen atoms in total. The average molecular weight is 283 g/mol. The van der Waals surface area contributed by atoms with Crippen LogP contribution in [0.2, 0.25) is 0 Å². The first-order valence-electron chi connectivity index (χ1n) is 6.44. The molecule has 0 saturated carbocycles. The number of ether oxygens (including phenoxy) is 2. The van der Waals surface area contributed by atoms with Crippen LogP contribution in [-0.2, 0) is 0 Å². The summed E-state index contributed by atoms with van der Waals surface area (Å²) < 4.78 is 10.9. The van der Waals surface area contributed by atoms with E-state index in [9.17, 15) is 0 Å². The molecule has 19 heavy (non-hydrogen) atoms. The predicted octanol–water partition coefficient (Wildman–Crippen LogP) is 3.50. The first-order valence-corrected chi connectivity index (χ1v) is 7.66. The first-order chi connectivity index (χ1) is 8.93. The molecule has 108 valence electrons. The van der Waals surface area contributed by atoms with Crippen LogP contribution in [-0.4, -0.2) is 31.8 Å². The van der Waals surface area contributed by atoms with Crippen molar-refractivity contribution in [3.05, 3.63) is 23.8 Å². The van der Waals surface area contributed by atoms with E-state index in [1.54, 1.807) is 14.2 Å². The largest absolute Gasteiger partial charge is 0.497 e. The molecule has 0 aromatic heterocycles. The SMILES string of the molecule is COc1ccc(C(C)NCC(C)(C)SC)c(OC)c1. The van der Waals surface area contributed by atoms with E-state index < -0.39 is 0 Å². The number of thioether (sulfide) groups is 1. The topological polar surface area (TPSA) is 30.5 Å². The van der Waals surface area contributed by atoms with Crippen LogP contribution < -0.4 is 14.8 Å². The second-order valence-electron chi connectivity index (χ2n) is 5.17. The monoisotopic (exact) mass is 283 g/mol. The van der Waals surface area contributed by atoms with E-state index in [4.69, 9.17) is 9.47 Å². The maximum Gasteiger partial charge on any atom is 0.127 e. The van der Waals surface area contributed by atoms with Gasteiger partial charge in [-0.05, 0) is 33.1 Å². The molecular formula is C15H25NO2S. The number of hydrogen-bond donors (Lipinski definition) is 1. The van der Waals surface area contributed by atoms with Crippen molar-refractivity contribution < 1.29 is 9.47 Å². The van der Waals surface area contributed by atoms with E-state index in [0.29, 0.717) is 0 Å². The summed E-state index contributed by atoms with van der Waals surface area (Å²) in [7, 11) is 3.36. The zero-order chi connectivity index (χ0) is 14.5. The second kappa shape index (κ2) is 7.06. The molecule has 0 fully saturated rings. The Kier molecular flexibility index (Phi) is 6.01. The van der Waals surface area contributed by atoms with Crippen LogP contribution >= 0.6 is 11.8 Å². The molecule has 0 aliphatic carbocycles. The Labute approximate surface area is 121 Å². The highest BCUT2D eigenvalue weighted by atomic mass is 32.2. The van der Waals surface area contributed by atoms with Crippen molar-refractivity contribution in [3.8, 4) is 11.5 Å². The van der Waals surface area contributed by atoms with Gasteiger partial charge in [0.15, 0.2) is 0 Å². The van der Waals surface area contributed by atoms with Crippen LogP contribution in [0.5, 0.6) is 11.5 Å². The molecule has 1 aromatic carbocycles. The van der Waals surface area contributed by atoms with Gasteiger partial charge in [0.2, 0.25) is 0 Å². The third kappa shape index (κ3) is 4.62. The Morgan fingerprint density at radius 1 is 1.26 bits per heavy atom. The summed E-state index contributed by atoms with van der Waals surface area (Å²) in [6, 6.07) is 6.19.